The van der Waals surface area contributed by atoms with Crippen molar-refractivity contribution in [2.45, 2.75) is 65.4 Å². The van der Waals surface area contributed by atoms with E-state index in [1.807, 2.05) is 6.92 Å². The molecule has 2 aliphatic carbocycles. The van der Waals surface area contributed by atoms with Gasteiger partial charge in [-0.15, -0.1) is 0 Å². The van der Waals surface area contributed by atoms with Crippen LogP contribution in [-0.2, 0) is 19.1 Å². The molecule has 0 radical (unpaired) electrons. The molecule has 4 atom stereocenters. The lowest BCUT2D eigenvalue weighted by atomic mass is 9.53. The molecule has 0 aromatic heterocycles. The van der Waals surface area contributed by atoms with Gasteiger partial charge in [-0.1, -0.05) is 23.8 Å². The smallest absolute Gasteiger partial charge is 0.331 e. The minimum Gasteiger partial charge on any atom is -0.478 e. The van der Waals surface area contributed by atoms with Crippen molar-refractivity contribution >= 4 is 17.7 Å². The average Bonchev–Trinajstić information content (AvgIpc) is 2.80. The Hall–Kier alpha value is -2.17. The summed E-state index contributed by atoms with van der Waals surface area (Å²) in [4.78, 5) is 37.3. The van der Waals surface area contributed by atoms with Gasteiger partial charge in [0.15, 0.2) is 0 Å². The summed E-state index contributed by atoms with van der Waals surface area (Å²) in [6.45, 7) is 7.03. The number of carboxylic acids is 1. The van der Waals surface area contributed by atoms with Crippen molar-refractivity contribution in [3.05, 3.63) is 35.5 Å². The standard InChI is InChI=1S/C22H28O5/c1-14-7-11-21-12-9-17(22(21,13-8-14)16(3)23)20(4,27-19(21)26)10-5-6-15(2)18(24)25/h5-7,10,17H,8-9,11-13H2,1-4H3,(H,24,25). The van der Waals surface area contributed by atoms with Gasteiger partial charge in [-0.2, -0.15) is 0 Å². The Balaban J connectivity index is 2.07. The summed E-state index contributed by atoms with van der Waals surface area (Å²) in [5.41, 5.74) is -0.984. The lowest BCUT2D eigenvalue weighted by molar-refractivity contribution is -0.205. The van der Waals surface area contributed by atoms with E-state index in [1.165, 1.54) is 18.6 Å². The average molecular weight is 372 g/mol. The molecule has 0 aromatic rings. The number of rotatable bonds is 4. The number of carbonyl (C=O) groups excluding carboxylic acids is 2. The number of esters is 1. The number of hydrogen-bond donors (Lipinski definition) is 1. The zero-order valence-electron chi connectivity index (χ0n) is 16.5. The molecule has 1 aliphatic heterocycles. The molecule has 3 rings (SSSR count). The molecule has 0 aromatic carbocycles. The Bertz CT molecular complexity index is 789. The highest BCUT2D eigenvalue weighted by Crippen LogP contribution is 2.69. The molecule has 27 heavy (non-hydrogen) atoms. The quantitative estimate of drug-likeness (QED) is 0.349. The van der Waals surface area contributed by atoms with Gasteiger partial charge >= 0.3 is 11.9 Å². The van der Waals surface area contributed by atoms with Crippen LogP contribution in [0.15, 0.2) is 35.5 Å². The Morgan fingerprint density at radius 1 is 1.30 bits per heavy atom. The Kier molecular flexibility index (Phi) is 4.69. The van der Waals surface area contributed by atoms with Crippen molar-refractivity contribution in [1.29, 1.82) is 0 Å². The highest BCUT2D eigenvalue weighted by molar-refractivity contribution is 5.94. The minimum absolute atomic E-state index is 0.0710. The van der Waals surface area contributed by atoms with E-state index in [2.05, 4.69) is 13.0 Å². The van der Waals surface area contributed by atoms with Crippen molar-refractivity contribution in [3.63, 3.8) is 0 Å². The van der Waals surface area contributed by atoms with Crippen molar-refractivity contribution < 1.29 is 24.2 Å². The van der Waals surface area contributed by atoms with Gasteiger partial charge in [0.2, 0.25) is 0 Å². The van der Waals surface area contributed by atoms with Gasteiger partial charge in [0.1, 0.15) is 11.4 Å². The number of hydrogen-bond acceptors (Lipinski definition) is 4. The fourth-order valence-electron chi connectivity index (χ4n) is 5.61. The number of ketones is 1. The minimum atomic E-state index is -0.990. The summed E-state index contributed by atoms with van der Waals surface area (Å²) in [5, 5.41) is 9.02. The molecule has 1 heterocycles. The normalized spacial score (nSPS) is 38.8. The lowest BCUT2D eigenvalue weighted by Gasteiger charge is -2.54. The molecule has 0 spiro atoms. The number of cyclic esters (lactones) is 1. The number of carbonyl (C=O) groups is 3. The zero-order chi connectivity index (χ0) is 20.0. The third-order valence-corrected chi connectivity index (χ3v) is 7.16. The van der Waals surface area contributed by atoms with Crippen LogP contribution in [-0.4, -0.2) is 28.4 Å². The first-order valence-electron chi connectivity index (χ1n) is 9.58. The fraction of sp³-hybridized carbons (Fsp3) is 0.591. The van der Waals surface area contributed by atoms with Gasteiger partial charge < -0.3 is 9.84 Å². The number of carboxylic acid groups (broad SMARTS) is 1. The van der Waals surface area contributed by atoms with Crippen LogP contribution in [0.1, 0.15) is 59.8 Å². The highest BCUT2D eigenvalue weighted by Gasteiger charge is 2.73. The van der Waals surface area contributed by atoms with Crippen LogP contribution < -0.4 is 0 Å². The Morgan fingerprint density at radius 2 is 2.00 bits per heavy atom. The van der Waals surface area contributed by atoms with Crippen LogP contribution in [0.2, 0.25) is 0 Å². The molecule has 2 bridgehead atoms. The molecule has 1 saturated carbocycles. The van der Waals surface area contributed by atoms with E-state index in [4.69, 9.17) is 9.84 Å². The fourth-order valence-corrected chi connectivity index (χ4v) is 5.61. The van der Waals surface area contributed by atoms with Crippen LogP contribution in [0.3, 0.4) is 0 Å². The monoisotopic (exact) mass is 372 g/mol. The van der Waals surface area contributed by atoms with Gasteiger partial charge in [-0.25, -0.2) is 4.79 Å². The van der Waals surface area contributed by atoms with Gasteiger partial charge in [0, 0.05) is 11.5 Å². The van der Waals surface area contributed by atoms with Crippen LogP contribution in [0.4, 0.5) is 0 Å². The molecular formula is C22H28O5. The molecule has 5 nitrogen and oxygen atoms in total. The van der Waals surface area contributed by atoms with E-state index < -0.39 is 22.4 Å². The topological polar surface area (TPSA) is 80.7 Å². The maximum atomic E-state index is 13.3. The summed E-state index contributed by atoms with van der Waals surface area (Å²) in [7, 11) is 0. The Morgan fingerprint density at radius 3 is 2.63 bits per heavy atom. The SMILES string of the molecule is CC(=O)C12CCC(C)=CCC13CCC2C(C)(C=CC=C(C)C(=O)O)OC3=O. The first kappa shape index (κ1) is 19.6. The Labute approximate surface area is 160 Å². The maximum Gasteiger partial charge on any atom is 0.331 e. The first-order valence-corrected chi connectivity index (χ1v) is 9.58. The van der Waals surface area contributed by atoms with Crippen molar-refractivity contribution in [1.82, 2.24) is 0 Å². The first-order chi connectivity index (χ1) is 12.6. The zero-order valence-corrected chi connectivity index (χ0v) is 16.5. The number of allylic oxidation sites excluding steroid dienone is 4. The second-order valence-electron chi connectivity index (χ2n) is 8.54. The summed E-state index contributed by atoms with van der Waals surface area (Å²) in [5.74, 6) is -1.31. The number of ether oxygens (including phenoxy) is 1. The highest BCUT2D eigenvalue weighted by atomic mass is 16.6. The molecule has 4 unspecified atom stereocenters. The van der Waals surface area contributed by atoms with Crippen LogP contribution in [0.5, 0.6) is 0 Å². The van der Waals surface area contributed by atoms with Crippen LogP contribution in [0.25, 0.3) is 0 Å². The van der Waals surface area contributed by atoms with E-state index >= 15 is 0 Å². The summed E-state index contributed by atoms with van der Waals surface area (Å²) >= 11 is 0. The number of Topliss-reactive ketones (excluding diaryl/α,β-unsaturated/α-hetero) is 1. The molecular weight excluding hydrogens is 344 g/mol. The molecule has 1 saturated heterocycles. The molecule has 1 N–H and O–H groups in total. The van der Waals surface area contributed by atoms with Crippen molar-refractivity contribution in [2.24, 2.45) is 16.7 Å². The largest absolute Gasteiger partial charge is 0.478 e. The van der Waals surface area contributed by atoms with E-state index in [-0.39, 0.29) is 23.2 Å². The molecule has 146 valence electrons. The van der Waals surface area contributed by atoms with Gasteiger partial charge in [0.05, 0.1) is 10.8 Å². The lowest BCUT2D eigenvalue weighted by Crippen LogP contribution is -2.62. The predicted molar refractivity (Wildman–Crippen MR) is 101 cm³/mol. The third-order valence-electron chi connectivity index (χ3n) is 7.16. The van der Waals surface area contributed by atoms with E-state index in [9.17, 15) is 14.4 Å². The second kappa shape index (κ2) is 6.47. The van der Waals surface area contributed by atoms with E-state index in [1.54, 1.807) is 19.1 Å². The molecule has 3 aliphatic rings. The van der Waals surface area contributed by atoms with Crippen molar-refractivity contribution in [3.8, 4) is 0 Å². The molecule has 2 fully saturated rings. The van der Waals surface area contributed by atoms with Crippen molar-refractivity contribution in [2.75, 3.05) is 0 Å². The van der Waals surface area contributed by atoms with Crippen LogP contribution in [0, 0.1) is 16.7 Å². The summed E-state index contributed by atoms with van der Waals surface area (Å²) in [6, 6.07) is 0. The van der Waals surface area contributed by atoms with Crippen LogP contribution >= 0.6 is 0 Å². The molecule has 5 heteroatoms. The van der Waals surface area contributed by atoms with Gasteiger partial charge in [0.25, 0.3) is 0 Å². The van der Waals surface area contributed by atoms with E-state index in [0.29, 0.717) is 19.3 Å². The van der Waals surface area contributed by atoms with E-state index in [0.717, 1.165) is 12.8 Å². The number of aliphatic carboxylic acids is 1. The summed E-state index contributed by atoms with van der Waals surface area (Å²) in [6.07, 6.45) is 10.4. The third kappa shape index (κ3) is 2.70. The second-order valence-corrected chi connectivity index (χ2v) is 8.54. The molecule has 0 amide bonds. The predicted octanol–water partition coefficient (Wildman–Crippen LogP) is 3.99. The summed E-state index contributed by atoms with van der Waals surface area (Å²) < 4.78 is 5.95. The van der Waals surface area contributed by atoms with Gasteiger partial charge in [-0.05, 0) is 65.9 Å². The maximum absolute atomic E-state index is 13.3. The van der Waals surface area contributed by atoms with Gasteiger partial charge in [-0.3, -0.25) is 9.59 Å².